The molecule has 0 spiro atoms. The highest BCUT2D eigenvalue weighted by molar-refractivity contribution is 7.25. The highest BCUT2D eigenvalue weighted by Gasteiger charge is 2.21. The van der Waals surface area contributed by atoms with Crippen molar-refractivity contribution in [3.8, 4) is 22.5 Å². The number of rotatable bonds is 3. The number of hydrogen-bond acceptors (Lipinski definition) is 1. The Morgan fingerprint density at radius 2 is 0.878 bits per heavy atom. The van der Waals surface area contributed by atoms with Crippen LogP contribution < -0.4 is 0 Å². The second-order valence-corrected chi connectivity index (χ2v) is 14.0. The summed E-state index contributed by atoms with van der Waals surface area (Å²) in [6.07, 6.45) is 0. The third-order valence-corrected chi connectivity index (χ3v) is 11.4. The van der Waals surface area contributed by atoms with E-state index in [1.54, 1.807) is 0 Å². The van der Waals surface area contributed by atoms with Crippen molar-refractivity contribution >= 4 is 85.9 Å². The minimum Gasteiger partial charge on any atom is -0.307 e. The predicted molar refractivity (Wildman–Crippen MR) is 211 cm³/mol. The molecule has 3 aromatic heterocycles. The third kappa shape index (κ3) is 3.88. The number of thiophene rings is 1. The molecule has 0 aliphatic carbocycles. The lowest BCUT2D eigenvalue weighted by atomic mass is 10.0. The maximum absolute atomic E-state index is 2.48. The van der Waals surface area contributed by atoms with Crippen molar-refractivity contribution < 1.29 is 0 Å². The molecule has 0 amide bonds. The summed E-state index contributed by atoms with van der Waals surface area (Å²) in [6, 6.07) is 62.5. The number of nitrogens with zero attached hydrogens (tertiary/aromatic N) is 2. The summed E-state index contributed by atoms with van der Waals surface area (Å²) in [5.41, 5.74) is 9.65. The van der Waals surface area contributed by atoms with E-state index in [1.165, 1.54) is 91.4 Å². The highest BCUT2D eigenvalue weighted by atomic mass is 32.1. The monoisotopic (exact) mass is 640 g/mol. The molecule has 0 aliphatic rings. The summed E-state index contributed by atoms with van der Waals surface area (Å²) in [5, 5.41) is 10.2. The lowest BCUT2D eigenvalue weighted by Gasteiger charge is -2.13. The summed E-state index contributed by atoms with van der Waals surface area (Å²) in [4.78, 5) is 0. The molecule has 2 nitrogen and oxygen atoms in total. The van der Waals surface area contributed by atoms with Gasteiger partial charge in [-0.25, -0.2) is 0 Å². The Balaban J connectivity index is 1.18. The SMILES string of the molecule is c1ccc2cc(-n3c4ccccc4c4ccc5c6ccccc6n(-c6ccc(-c7ccc8sc9ccccc9c8c7)cc6)c5c43)ccc2c1. The van der Waals surface area contributed by atoms with E-state index in [1.807, 2.05) is 11.3 Å². The van der Waals surface area contributed by atoms with Crippen molar-refractivity contribution in [2.24, 2.45) is 0 Å². The topological polar surface area (TPSA) is 9.86 Å². The molecule has 0 saturated heterocycles. The molecule has 3 heterocycles. The Kier molecular flexibility index (Phi) is 5.57. The van der Waals surface area contributed by atoms with Crippen LogP contribution in [0, 0.1) is 0 Å². The number of benzene rings is 8. The zero-order chi connectivity index (χ0) is 32.1. The molecule has 0 atom stereocenters. The van der Waals surface area contributed by atoms with Crippen LogP contribution in [0.25, 0.3) is 97.1 Å². The average molecular weight is 641 g/mol. The Bertz CT molecular complexity index is 3100. The van der Waals surface area contributed by atoms with E-state index >= 15 is 0 Å². The van der Waals surface area contributed by atoms with Crippen molar-refractivity contribution in [2.45, 2.75) is 0 Å². The summed E-state index contributed by atoms with van der Waals surface area (Å²) in [5.74, 6) is 0. The van der Waals surface area contributed by atoms with Crippen LogP contribution in [0.2, 0.25) is 0 Å². The molecule has 8 aromatic carbocycles. The van der Waals surface area contributed by atoms with E-state index in [0.717, 1.165) is 5.69 Å². The lowest BCUT2D eigenvalue weighted by molar-refractivity contribution is 1.15. The normalized spacial score (nSPS) is 12.1. The van der Waals surface area contributed by atoms with Crippen LogP contribution in [0.1, 0.15) is 0 Å². The van der Waals surface area contributed by atoms with Gasteiger partial charge in [0.1, 0.15) is 0 Å². The molecule has 0 bridgehead atoms. The largest absolute Gasteiger partial charge is 0.307 e. The zero-order valence-electron chi connectivity index (χ0n) is 26.5. The van der Waals surface area contributed by atoms with Crippen molar-refractivity contribution in [1.29, 1.82) is 0 Å². The van der Waals surface area contributed by atoms with Crippen LogP contribution in [-0.2, 0) is 0 Å². The van der Waals surface area contributed by atoms with Gasteiger partial charge in [-0.05, 0) is 76.5 Å². The van der Waals surface area contributed by atoms with E-state index in [9.17, 15) is 0 Å². The maximum Gasteiger partial charge on any atom is 0.0788 e. The van der Waals surface area contributed by atoms with Crippen LogP contribution in [0.15, 0.2) is 170 Å². The van der Waals surface area contributed by atoms with Crippen LogP contribution in [0.5, 0.6) is 0 Å². The number of hydrogen-bond donors (Lipinski definition) is 0. The van der Waals surface area contributed by atoms with Crippen LogP contribution in [0.3, 0.4) is 0 Å². The molecule has 49 heavy (non-hydrogen) atoms. The average Bonchev–Trinajstić information content (AvgIpc) is 3.82. The van der Waals surface area contributed by atoms with Gasteiger partial charge in [0.25, 0.3) is 0 Å². The Labute approximate surface area is 286 Å². The highest BCUT2D eigenvalue weighted by Crippen LogP contribution is 2.42. The number of para-hydroxylation sites is 2. The summed E-state index contributed by atoms with van der Waals surface area (Å²) in [6.45, 7) is 0. The van der Waals surface area contributed by atoms with E-state index < -0.39 is 0 Å². The van der Waals surface area contributed by atoms with E-state index in [4.69, 9.17) is 0 Å². The van der Waals surface area contributed by atoms with Crippen molar-refractivity contribution in [3.63, 3.8) is 0 Å². The molecule has 0 fully saturated rings. The minimum absolute atomic E-state index is 1.15. The van der Waals surface area contributed by atoms with Crippen molar-refractivity contribution in [3.05, 3.63) is 170 Å². The Hall–Kier alpha value is -6.16. The van der Waals surface area contributed by atoms with E-state index in [0.29, 0.717) is 0 Å². The molecule has 11 aromatic rings. The van der Waals surface area contributed by atoms with Crippen LogP contribution in [-0.4, -0.2) is 9.13 Å². The second-order valence-electron chi connectivity index (χ2n) is 13.0. The molecule has 0 aliphatic heterocycles. The first-order valence-electron chi connectivity index (χ1n) is 16.8. The standard InChI is InChI=1S/C46H28N2S/c1-2-10-31-27-34(23-19-29(31)9-1)48-42-15-7-4-12-36(42)39-25-24-38-35-11-3-6-14-41(35)47(45(38)46(39)48)33-21-17-30(18-22-33)32-20-26-44-40(28-32)37-13-5-8-16-43(37)49-44/h1-28H. The van der Waals surface area contributed by atoms with Crippen molar-refractivity contribution in [2.75, 3.05) is 0 Å². The van der Waals surface area contributed by atoms with Crippen molar-refractivity contribution in [1.82, 2.24) is 9.13 Å². The molecule has 0 radical (unpaired) electrons. The van der Waals surface area contributed by atoms with Gasteiger partial charge < -0.3 is 9.13 Å². The fraction of sp³-hybridized carbons (Fsp3) is 0. The molecule has 3 heteroatoms. The second kappa shape index (κ2) is 10.2. The molecule has 0 saturated carbocycles. The van der Waals surface area contributed by atoms with Crippen LogP contribution in [0.4, 0.5) is 0 Å². The van der Waals surface area contributed by atoms with Gasteiger partial charge in [0, 0.05) is 53.1 Å². The number of fused-ring (bicyclic) bond motifs is 11. The summed E-state index contributed by atoms with van der Waals surface area (Å²) < 4.78 is 7.62. The van der Waals surface area contributed by atoms with Gasteiger partial charge in [-0.15, -0.1) is 11.3 Å². The van der Waals surface area contributed by atoms with Gasteiger partial charge >= 0.3 is 0 Å². The first-order chi connectivity index (χ1) is 24.3. The zero-order valence-corrected chi connectivity index (χ0v) is 27.3. The summed E-state index contributed by atoms with van der Waals surface area (Å²) in [7, 11) is 0. The van der Waals surface area contributed by atoms with E-state index in [-0.39, 0.29) is 0 Å². The quantitative estimate of drug-likeness (QED) is 0.182. The first-order valence-corrected chi connectivity index (χ1v) is 17.6. The Morgan fingerprint density at radius 1 is 0.327 bits per heavy atom. The molecule has 228 valence electrons. The van der Waals surface area contributed by atoms with Gasteiger partial charge in [0.2, 0.25) is 0 Å². The molecular weight excluding hydrogens is 613 g/mol. The van der Waals surface area contributed by atoms with Gasteiger partial charge in [-0.1, -0.05) is 115 Å². The predicted octanol–water partition coefficient (Wildman–Crippen LogP) is 13.1. The molecule has 0 unspecified atom stereocenters. The summed E-state index contributed by atoms with van der Waals surface area (Å²) >= 11 is 1.87. The van der Waals surface area contributed by atoms with Gasteiger partial charge in [-0.2, -0.15) is 0 Å². The molecule has 0 N–H and O–H groups in total. The van der Waals surface area contributed by atoms with Crippen LogP contribution >= 0.6 is 11.3 Å². The minimum atomic E-state index is 1.15. The number of aromatic nitrogens is 2. The molecular formula is C46H28N2S. The first kappa shape index (κ1) is 26.9. The third-order valence-electron chi connectivity index (χ3n) is 10.3. The maximum atomic E-state index is 2.48. The smallest absolute Gasteiger partial charge is 0.0788 e. The molecule has 11 rings (SSSR count). The lowest BCUT2D eigenvalue weighted by Crippen LogP contribution is -1.99. The van der Waals surface area contributed by atoms with Gasteiger partial charge in [0.15, 0.2) is 0 Å². The van der Waals surface area contributed by atoms with Gasteiger partial charge in [0.05, 0.1) is 22.1 Å². The fourth-order valence-electron chi connectivity index (χ4n) is 8.06. The van der Waals surface area contributed by atoms with Gasteiger partial charge in [-0.3, -0.25) is 0 Å². The van der Waals surface area contributed by atoms with E-state index in [2.05, 4.69) is 179 Å². The fourth-order valence-corrected chi connectivity index (χ4v) is 9.15. The Morgan fingerprint density at radius 3 is 1.61 bits per heavy atom.